The molecule has 1 saturated carbocycles. The number of carbonyl (C=O) groups is 1. The van der Waals surface area contributed by atoms with Crippen LogP contribution in [0.3, 0.4) is 0 Å². The highest BCUT2D eigenvalue weighted by atomic mass is 16.2. The van der Waals surface area contributed by atoms with Crippen molar-refractivity contribution in [1.29, 1.82) is 0 Å². The number of amides is 2. The fraction of sp³-hybridized carbons (Fsp3) is 0.600. The molecule has 0 spiro atoms. The van der Waals surface area contributed by atoms with Gasteiger partial charge in [0.05, 0.1) is 6.04 Å². The molecule has 1 N–H and O–H groups in total. The number of fused-ring (bicyclic) bond motifs is 5. The lowest BCUT2D eigenvalue weighted by atomic mass is 9.96. The Kier molecular flexibility index (Phi) is 7.57. The molecule has 1 atom stereocenters. The molecule has 0 radical (unpaired) electrons. The minimum absolute atomic E-state index is 0.0319. The summed E-state index contributed by atoms with van der Waals surface area (Å²) in [7, 11) is 0. The predicted octanol–water partition coefficient (Wildman–Crippen LogP) is 4.53. The smallest absolute Gasteiger partial charge is 0.322 e. The first-order valence-electron chi connectivity index (χ1n) is 11.8. The molecule has 162 valence electrons. The molecule has 1 aromatic rings. The van der Waals surface area contributed by atoms with Crippen LogP contribution in [0.5, 0.6) is 0 Å². The van der Waals surface area contributed by atoms with Crippen molar-refractivity contribution in [1.82, 2.24) is 15.1 Å². The molecule has 2 fully saturated rings. The van der Waals surface area contributed by atoms with Crippen LogP contribution in [0.1, 0.15) is 62.5 Å². The largest absolute Gasteiger partial charge is 0.323 e. The SMILES string of the molecule is O=C1NC(=NC2CCCCC2)CCN2CCN1CCC/C=C/Cc1cccc(c1)C2. The minimum atomic E-state index is 0.0319. The van der Waals surface area contributed by atoms with Crippen molar-refractivity contribution in [2.75, 3.05) is 26.2 Å². The Morgan fingerprint density at radius 2 is 1.80 bits per heavy atom. The summed E-state index contributed by atoms with van der Waals surface area (Å²) in [5, 5.41) is 3.18. The van der Waals surface area contributed by atoms with E-state index in [0.717, 1.165) is 77.1 Å². The van der Waals surface area contributed by atoms with Gasteiger partial charge in [-0.15, -0.1) is 0 Å². The number of hydrogen-bond acceptors (Lipinski definition) is 3. The molecule has 1 aromatic carbocycles. The van der Waals surface area contributed by atoms with E-state index in [1.807, 2.05) is 4.90 Å². The number of carbonyl (C=O) groups excluding carboxylic acids is 1. The van der Waals surface area contributed by atoms with Crippen molar-refractivity contribution in [3.63, 3.8) is 0 Å². The lowest BCUT2D eigenvalue weighted by Crippen LogP contribution is -2.44. The Morgan fingerprint density at radius 1 is 0.933 bits per heavy atom. The Morgan fingerprint density at radius 3 is 2.70 bits per heavy atom. The second-order valence-corrected chi connectivity index (χ2v) is 8.95. The van der Waals surface area contributed by atoms with E-state index >= 15 is 0 Å². The zero-order chi connectivity index (χ0) is 20.6. The second kappa shape index (κ2) is 10.8. The minimum Gasteiger partial charge on any atom is -0.323 e. The number of amidine groups is 1. The zero-order valence-corrected chi connectivity index (χ0v) is 18.2. The monoisotopic (exact) mass is 408 g/mol. The van der Waals surface area contributed by atoms with Crippen molar-refractivity contribution in [3.8, 4) is 0 Å². The first-order valence-corrected chi connectivity index (χ1v) is 11.8. The van der Waals surface area contributed by atoms with Crippen LogP contribution >= 0.6 is 0 Å². The summed E-state index contributed by atoms with van der Waals surface area (Å²) in [5.41, 5.74) is 2.73. The van der Waals surface area contributed by atoms with E-state index in [1.54, 1.807) is 0 Å². The molecule has 5 nitrogen and oxygen atoms in total. The van der Waals surface area contributed by atoms with E-state index in [1.165, 1.54) is 30.4 Å². The van der Waals surface area contributed by atoms with Crippen LogP contribution in [0.15, 0.2) is 41.4 Å². The third-order valence-electron chi connectivity index (χ3n) is 6.52. The Bertz CT molecular complexity index is 766. The number of rotatable bonds is 1. The number of allylic oxidation sites excluding steroid dienone is 2. The maximum atomic E-state index is 13.0. The highest BCUT2D eigenvalue weighted by Crippen LogP contribution is 2.21. The van der Waals surface area contributed by atoms with Gasteiger partial charge in [0.25, 0.3) is 0 Å². The third-order valence-corrected chi connectivity index (χ3v) is 6.52. The molecule has 2 amide bonds. The molecule has 0 aromatic heterocycles. The Balaban J connectivity index is 1.55. The van der Waals surface area contributed by atoms with Gasteiger partial charge in [-0.2, -0.15) is 0 Å². The maximum Gasteiger partial charge on any atom is 0.322 e. The molecule has 2 heterocycles. The molecule has 2 aliphatic heterocycles. The Hall–Kier alpha value is -2.14. The molecule has 1 saturated heterocycles. The summed E-state index contributed by atoms with van der Waals surface area (Å²) in [4.78, 5) is 22.5. The van der Waals surface area contributed by atoms with Gasteiger partial charge in [0.1, 0.15) is 5.84 Å². The normalized spacial score (nSPS) is 26.9. The van der Waals surface area contributed by atoms with Gasteiger partial charge < -0.3 is 4.90 Å². The van der Waals surface area contributed by atoms with E-state index < -0.39 is 0 Å². The summed E-state index contributed by atoms with van der Waals surface area (Å²) in [6.07, 6.45) is 14.5. The molecule has 4 rings (SSSR count). The second-order valence-electron chi connectivity index (χ2n) is 8.95. The van der Waals surface area contributed by atoms with E-state index in [2.05, 4.69) is 46.6 Å². The van der Waals surface area contributed by atoms with Crippen LogP contribution in [-0.4, -0.2) is 53.9 Å². The summed E-state index contributed by atoms with van der Waals surface area (Å²) in [6, 6.07) is 9.37. The van der Waals surface area contributed by atoms with Crippen LogP contribution in [0.4, 0.5) is 4.79 Å². The number of benzene rings is 1. The van der Waals surface area contributed by atoms with Gasteiger partial charge >= 0.3 is 6.03 Å². The summed E-state index contributed by atoms with van der Waals surface area (Å²) in [6.45, 7) is 4.34. The number of nitrogens with zero attached hydrogens (tertiary/aromatic N) is 3. The van der Waals surface area contributed by atoms with Crippen molar-refractivity contribution in [3.05, 3.63) is 47.5 Å². The lowest BCUT2D eigenvalue weighted by molar-refractivity contribution is 0.188. The average molecular weight is 409 g/mol. The van der Waals surface area contributed by atoms with Crippen LogP contribution < -0.4 is 5.32 Å². The number of hydrogen-bond donors (Lipinski definition) is 1. The van der Waals surface area contributed by atoms with Crippen LogP contribution in [0.2, 0.25) is 0 Å². The number of aliphatic imine (C=N–C) groups is 1. The van der Waals surface area contributed by atoms with Crippen molar-refractivity contribution in [2.24, 2.45) is 4.99 Å². The van der Waals surface area contributed by atoms with Gasteiger partial charge in [-0.3, -0.25) is 15.2 Å². The van der Waals surface area contributed by atoms with Crippen LogP contribution in [0.25, 0.3) is 0 Å². The van der Waals surface area contributed by atoms with E-state index in [9.17, 15) is 4.79 Å². The van der Waals surface area contributed by atoms with Gasteiger partial charge in [-0.25, -0.2) is 4.79 Å². The third kappa shape index (κ3) is 6.18. The highest BCUT2D eigenvalue weighted by molar-refractivity contribution is 5.97. The van der Waals surface area contributed by atoms with E-state index in [0.29, 0.717) is 6.04 Å². The topological polar surface area (TPSA) is 47.9 Å². The number of urea groups is 1. The van der Waals surface area contributed by atoms with Crippen molar-refractivity contribution in [2.45, 2.75) is 70.4 Å². The van der Waals surface area contributed by atoms with Crippen molar-refractivity contribution >= 4 is 11.9 Å². The highest BCUT2D eigenvalue weighted by Gasteiger charge is 2.21. The van der Waals surface area contributed by atoms with E-state index in [4.69, 9.17) is 4.99 Å². The fourth-order valence-electron chi connectivity index (χ4n) is 4.75. The first-order chi connectivity index (χ1) is 14.8. The van der Waals surface area contributed by atoms with Gasteiger partial charge in [0.15, 0.2) is 0 Å². The molecular formula is C25H36N4O. The Labute approximate surface area is 181 Å². The van der Waals surface area contributed by atoms with E-state index in [-0.39, 0.29) is 6.03 Å². The molecular weight excluding hydrogens is 372 g/mol. The predicted molar refractivity (Wildman–Crippen MR) is 123 cm³/mol. The molecule has 4 bridgehead atoms. The van der Waals surface area contributed by atoms with Crippen LogP contribution in [0, 0.1) is 0 Å². The molecule has 30 heavy (non-hydrogen) atoms. The fourth-order valence-corrected chi connectivity index (χ4v) is 4.75. The van der Waals surface area contributed by atoms with Crippen molar-refractivity contribution < 1.29 is 4.79 Å². The summed E-state index contributed by atoms with van der Waals surface area (Å²) >= 11 is 0. The molecule has 1 aliphatic carbocycles. The maximum absolute atomic E-state index is 13.0. The van der Waals surface area contributed by atoms with Gasteiger partial charge in [-0.05, 0) is 43.2 Å². The first kappa shape index (κ1) is 21.1. The molecule has 3 aliphatic rings. The molecule has 1 unspecified atom stereocenters. The summed E-state index contributed by atoms with van der Waals surface area (Å²) < 4.78 is 0. The summed E-state index contributed by atoms with van der Waals surface area (Å²) in [5.74, 6) is 0.891. The van der Waals surface area contributed by atoms with Crippen LogP contribution in [-0.2, 0) is 13.0 Å². The zero-order valence-electron chi connectivity index (χ0n) is 18.2. The quantitative estimate of drug-likeness (QED) is 0.694. The van der Waals surface area contributed by atoms with Gasteiger partial charge in [-0.1, -0.05) is 55.7 Å². The standard InChI is InChI=1S/C25H36N4O/c30-25-27-24(26-23-12-5-3-6-13-23)14-16-28-17-18-29(25)15-7-2-1-4-9-21-10-8-11-22(19-21)20-28/h1,4,8,10-11,19,23H,2-3,5-7,9,12-18,20H2,(H,26,27,30)/b4-1+. The average Bonchev–Trinajstić information content (AvgIpc) is 2.82. The van der Waals surface area contributed by atoms with Gasteiger partial charge in [0, 0.05) is 39.1 Å². The number of nitrogens with one attached hydrogen (secondary N) is 1. The molecule has 5 heteroatoms. The lowest BCUT2D eigenvalue weighted by Gasteiger charge is -2.26. The van der Waals surface area contributed by atoms with Gasteiger partial charge in [0.2, 0.25) is 0 Å².